The molecule has 0 aliphatic rings. The quantitative estimate of drug-likeness (QED) is 0.832. The highest BCUT2D eigenvalue weighted by Crippen LogP contribution is 2.15. The Morgan fingerprint density at radius 3 is 2.47 bits per heavy atom. The average molecular weight is 255 g/mol. The molecule has 0 atom stereocenters. The molecule has 0 bridgehead atoms. The summed E-state index contributed by atoms with van der Waals surface area (Å²) in [7, 11) is 1.69. The maximum atomic E-state index is 5.15. The van der Waals surface area contributed by atoms with E-state index in [0.29, 0.717) is 0 Å². The largest absolute Gasteiger partial charge is 0.497 e. The third-order valence-corrected chi connectivity index (χ3v) is 3.12. The van der Waals surface area contributed by atoms with Gasteiger partial charge in [0, 0.05) is 12.2 Å². The van der Waals surface area contributed by atoms with Crippen LogP contribution in [0.3, 0.4) is 0 Å². The lowest BCUT2D eigenvalue weighted by atomic mass is 10.1. The maximum absolute atomic E-state index is 5.15. The van der Waals surface area contributed by atoms with Crippen molar-refractivity contribution in [1.29, 1.82) is 0 Å². The molecule has 0 radical (unpaired) electrons. The standard InChI is InChI=1S/C17H21NO/c1-3-5-14-6-4-7-16(12-14)18-13-15-8-10-17(19-2)11-9-15/h4,6-12,18H,3,5,13H2,1-2H3. The molecule has 0 aromatic heterocycles. The molecule has 0 unspecified atom stereocenters. The zero-order valence-corrected chi connectivity index (χ0v) is 11.6. The Kier molecular flexibility index (Phi) is 4.85. The van der Waals surface area contributed by atoms with E-state index in [1.54, 1.807) is 7.11 Å². The first-order chi connectivity index (χ1) is 9.31. The fraction of sp³-hybridized carbons (Fsp3) is 0.294. The van der Waals surface area contributed by atoms with Gasteiger partial charge in [0.05, 0.1) is 7.11 Å². The van der Waals surface area contributed by atoms with Crippen molar-refractivity contribution in [1.82, 2.24) is 0 Å². The van der Waals surface area contributed by atoms with Crippen molar-refractivity contribution >= 4 is 5.69 Å². The molecular weight excluding hydrogens is 234 g/mol. The van der Waals surface area contributed by atoms with Crippen LogP contribution in [-0.2, 0) is 13.0 Å². The minimum atomic E-state index is 0.833. The van der Waals surface area contributed by atoms with Gasteiger partial charge in [0.2, 0.25) is 0 Å². The Morgan fingerprint density at radius 1 is 1.00 bits per heavy atom. The number of rotatable bonds is 6. The summed E-state index contributed by atoms with van der Waals surface area (Å²) in [5.74, 6) is 0.897. The molecule has 0 amide bonds. The second-order valence-corrected chi connectivity index (χ2v) is 4.65. The van der Waals surface area contributed by atoms with Crippen LogP contribution in [0.5, 0.6) is 5.75 Å². The number of hydrogen-bond acceptors (Lipinski definition) is 2. The molecule has 0 spiro atoms. The molecule has 0 aliphatic carbocycles. The van der Waals surface area contributed by atoms with Crippen LogP contribution in [-0.4, -0.2) is 7.11 Å². The Bertz CT molecular complexity index is 505. The molecule has 0 fully saturated rings. The maximum Gasteiger partial charge on any atom is 0.118 e. The second kappa shape index (κ2) is 6.83. The lowest BCUT2D eigenvalue weighted by Gasteiger charge is -2.09. The zero-order chi connectivity index (χ0) is 13.5. The minimum Gasteiger partial charge on any atom is -0.497 e. The predicted octanol–water partition coefficient (Wildman–Crippen LogP) is 4.26. The van der Waals surface area contributed by atoms with Crippen molar-refractivity contribution in [3.05, 3.63) is 59.7 Å². The third kappa shape index (κ3) is 4.02. The van der Waals surface area contributed by atoms with Gasteiger partial charge in [0.25, 0.3) is 0 Å². The van der Waals surface area contributed by atoms with Gasteiger partial charge >= 0.3 is 0 Å². The summed E-state index contributed by atoms with van der Waals surface area (Å²) in [6.07, 6.45) is 2.32. The molecule has 19 heavy (non-hydrogen) atoms. The zero-order valence-electron chi connectivity index (χ0n) is 11.6. The lowest BCUT2D eigenvalue weighted by Crippen LogP contribution is -1.99. The molecule has 100 valence electrons. The van der Waals surface area contributed by atoms with E-state index < -0.39 is 0 Å². The summed E-state index contributed by atoms with van der Waals surface area (Å²) >= 11 is 0. The van der Waals surface area contributed by atoms with Crippen LogP contribution in [0.25, 0.3) is 0 Å². The smallest absolute Gasteiger partial charge is 0.118 e. The van der Waals surface area contributed by atoms with E-state index >= 15 is 0 Å². The van der Waals surface area contributed by atoms with E-state index in [1.165, 1.54) is 23.2 Å². The van der Waals surface area contributed by atoms with Crippen molar-refractivity contribution in [2.75, 3.05) is 12.4 Å². The van der Waals surface area contributed by atoms with E-state index in [0.717, 1.165) is 18.7 Å². The fourth-order valence-electron chi connectivity index (χ4n) is 2.07. The Labute approximate surface area is 115 Å². The normalized spacial score (nSPS) is 10.2. The van der Waals surface area contributed by atoms with Crippen LogP contribution in [0, 0.1) is 0 Å². The first-order valence-corrected chi connectivity index (χ1v) is 6.77. The van der Waals surface area contributed by atoms with Crippen molar-refractivity contribution < 1.29 is 4.74 Å². The third-order valence-electron chi connectivity index (χ3n) is 3.12. The molecular formula is C17H21NO. The van der Waals surface area contributed by atoms with Crippen LogP contribution in [0.15, 0.2) is 48.5 Å². The van der Waals surface area contributed by atoms with Gasteiger partial charge in [-0.2, -0.15) is 0 Å². The second-order valence-electron chi connectivity index (χ2n) is 4.65. The van der Waals surface area contributed by atoms with E-state index in [2.05, 4.69) is 48.6 Å². The monoisotopic (exact) mass is 255 g/mol. The van der Waals surface area contributed by atoms with Crippen LogP contribution in [0.2, 0.25) is 0 Å². The first kappa shape index (κ1) is 13.5. The number of aryl methyl sites for hydroxylation is 1. The Morgan fingerprint density at radius 2 is 1.79 bits per heavy atom. The minimum absolute atomic E-state index is 0.833. The predicted molar refractivity (Wildman–Crippen MR) is 80.8 cm³/mol. The topological polar surface area (TPSA) is 21.3 Å². The average Bonchev–Trinajstić information content (AvgIpc) is 2.46. The van der Waals surface area contributed by atoms with Crippen LogP contribution in [0.1, 0.15) is 24.5 Å². The summed E-state index contributed by atoms with van der Waals surface area (Å²) < 4.78 is 5.15. The van der Waals surface area contributed by atoms with E-state index in [1.807, 2.05) is 12.1 Å². The molecule has 2 aromatic rings. The van der Waals surface area contributed by atoms with Gasteiger partial charge in [-0.3, -0.25) is 0 Å². The first-order valence-electron chi connectivity index (χ1n) is 6.77. The highest BCUT2D eigenvalue weighted by Gasteiger charge is 1.97. The molecule has 2 heteroatoms. The van der Waals surface area contributed by atoms with Crippen molar-refractivity contribution in [3.8, 4) is 5.75 Å². The number of hydrogen-bond donors (Lipinski definition) is 1. The SMILES string of the molecule is CCCc1cccc(NCc2ccc(OC)cc2)c1. The van der Waals surface area contributed by atoms with Crippen LogP contribution >= 0.6 is 0 Å². The van der Waals surface area contributed by atoms with Gasteiger partial charge in [0.15, 0.2) is 0 Å². The highest BCUT2D eigenvalue weighted by molar-refractivity contribution is 5.46. The van der Waals surface area contributed by atoms with Gasteiger partial charge in [-0.05, 0) is 41.8 Å². The molecule has 2 nitrogen and oxygen atoms in total. The summed E-state index contributed by atoms with van der Waals surface area (Å²) in [6, 6.07) is 16.8. The van der Waals surface area contributed by atoms with E-state index in [9.17, 15) is 0 Å². The van der Waals surface area contributed by atoms with Gasteiger partial charge in [-0.1, -0.05) is 37.6 Å². The summed E-state index contributed by atoms with van der Waals surface area (Å²) in [6.45, 7) is 3.04. The number of benzene rings is 2. The molecule has 0 saturated heterocycles. The van der Waals surface area contributed by atoms with Gasteiger partial charge in [0.1, 0.15) is 5.75 Å². The summed E-state index contributed by atoms with van der Waals surface area (Å²) in [4.78, 5) is 0. The number of ether oxygens (including phenoxy) is 1. The molecule has 0 heterocycles. The van der Waals surface area contributed by atoms with Crippen LogP contribution in [0.4, 0.5) is 5.69 Å². The van der Waals surface area contributed by atoms with Gasteiger partial charge in [-0.25, -0.2) is 0 Å². The van der Waals surface area contributed by atoms with Gasteiger partial charge in [-0.15, -0.1) is 0 Å². The van der Waals surface area contributed by atoms with Crippen LogP contribution < -0.4 is 10.1 Å². The summed E-state index contributed by atoms with van der Waals surface area (Å²) in [5.41, 5.74) is 3.82. The molecule has 2 rings (SSSR count). The highest BCUT2D eigenvalue weighted by atomic mass is 16.5. The van der Waals surface area contributed by atoms with Crippen molar-refractivity contribution in [3.63, 3.8) is 0 Å². The van der Waals surface area contributed by atoms with E-state index in [4.69, 9.17) is 4.74 Å². The summed E-state index contributed by atoms with van der Waals surface area (Å²) in [5, 5.41) is 3.46. The molecule has 0 saturated carbocycles. The Hall–Kier alpha value is -1.96. The fourth-order valence-corrected chi connectivity index (χ4v) is 2.07. The molecule has 0 aliphatic heterocycles. The number of methoxy groups -OCH3 is 1. The number of nitrogens with one attached hydrogen (secondary N) is 1. The van der Waals surface area contributed by atoms with Crippen molar-refractivity contribution in [2.45, 2.75) is 26.3 Å². The lowest BCUT2D eigenvalue weighted by molar-refractivity contribution is 0.414. The van der Waals surface area contributed by atoms with E-state index in [-0.39, 0.29) is 0 Å². The van der Waals surface area contributed by atoms with Gasteiger partial charge < -0.3 is 10.1 Å². The molecule has 2 aromatic carbocycles. The number of anilines is 1. The van der Waals surface area contributed by atoms with Crippen molar-refractivity contribution in [2.24, 2.45) is 0 Å². The molecule has 1 N–H and O–H groups in total. The Balaban J connectivity index is 1.95.